The predicted molar refractivity (Wildman–Crippen MR) is 192 cm³/mol. The fourth-order valence-corrected chi connectivity index (χ4v) is 10.1. The van der Waals surface area contributed by atoms with Crippen molar-refractivity contribution in [3.8, 4) is 0 Å². The third-order valence-corrected chi connectivity index (χ3v) is 15.7. The second-order valence-corrected chi connectivity index (χ2v) is 19.1. The fourth-order valence-electron chi connectivity index (χ4n) is 6.37. The summed E-state index contributed by atoms with van der Waals surface area (Å²) in [6.07, 6.45) is 4.18. The minimum absolute atomic E-state index is 0.0660. The highest BCUT2D eigenvalue weighted by molar-refractivity contribution is 7.09. The van der Waals surface area contributed by atoms with Gasteiger partial charge >= 0.3 is 11.9 Å². The number of likely N-dealkylation sites (tertiary alicyclic amines) is 1. The maximum atomic E-state index is 14.8. The number of methoxy groups -OCH3 is 1. The van der Waals surface area contributed by atoms with Crippen molar-refractivity contribution in [2.75, 3.05) is 27.4 Å². The molecule has 13 heteroatoms. The van der Waals surface area contributed by atoms with Crippen LogP contribution in [0.15, 0.2) is 5.38 Å². The van der Waals surface area contributed by atoms with Crippen LogP contribution in [0, 0.1) is 11.8 Å². The number of hydrogen-bond acceptors (Lipinski definition) is 10. The third-order valence-electron chi connectivity index (χ3n) is 10.1. The van der Waals surface area contributed by atoms with Crippen molar-refractivity contribution in [3.63, 3.8) is 0 Å². The minimum Gasteiger partial charge on any atom is -0.464 e. The lowest BCUT2D eigenvalue weighted by Gasteiger charge is -2.41. The molecule has 0 aromatic carbocycles. The summed E-state index contributed by atoms with van der Waals surface area (Å²) in [5.74, 6) is -1.55. The Morgan fingerprint density at radius 1 is 1.08 bits per heavy atom. The smallest absolute Gasteiger partial charge is 0.357 e. The molecule has 0 unspecified atom stereocenters. The molecule has 5 atom stereocenters. The fraction of sp³-hybridized carbons (Fsp3) is 0.800. The molecule has 2 heterocycles. The summed E-state index contributed by atoms with van der Waals surface area (Å²) in [7, 11) is 1.09. The number of nitrogens with zero attached hydrogens (tertiary/aromatic N) is 3. The summed E-state index contributed by atoms with van der Waals surface area (Å²) in [6, 6.07) is 1.20. The summed E-state index contributed by atoms with van der Waals surface area (Å²) in [4.78, 5) is 61.8. The lowest BCUT2D eigenvalue weighted by atomic mass is 9.92. The highest BCUT2D eigenvalue weighted by Gasteiger charge is 2.41. The standard InChI is InChI=1S/C35H62N4O7SSi/c1-11-18-30(40)45-23-39(34(42)31(25(8)12-2)37-32(41)27-19-16-17-20-38(27)9)28(24(6)7)21-29(46-48(13-3,14-4)15-5)33-36-26(22-47-33)35(43)44-10/h22,24-25,27-29,31H,11-21,23H2,1-10H3,(H,37,41)/t25-,27-,28+,29+,31-/m0/s1. The van der Waals surface area contributed by atoms with Gasteiger partial charge in [0.2, 0.25) is 11.8 Å². The topological polar surface area (TPSA) is 127 Å². The van der Waals surface area contributed by atoms with Gasteiger partial charge in [0.15, 0.2) is 20.7 Å². The number of esters is 2. The molecule has 1 fully saturated rings. The first kappa shape index (κ1) is 41.8. The van der Waals surface area contributed by atoms with Crippen molar-refractivity contribution in [1.82, 2.24) is 20.1 Å². The molecule has 1 aromatic rings. The first-order valence-corrected chi connectivity index (χ1v) is 21.4. The number of ether oxygens (including phenoxy) is 2. The van der Waals surface area contributed by atoms with Crippen LogP contribution in [0.2, 0.25) is 18.1 Å². The van der Waals surface area contributed by atoms with E-state index in [9.17, 15) is 19.2 Å². The lowest BCUT2D eigenvalue weighted by molar-refractivity contribution is -0.159. The van der Waals surface area contributed by atoms with E-state index in [1.807, 2.05) is 41.7 Å². The number of carbonyl (C=O) groups excluding carboxylic acids is 4. The zero-order valence-electron chi connectivity index (χ0n) is 31.1. The number of hydrogen-bond donors (Lipinski definition) is 1. The Morgan fingerprint density at radius 2 is 1.75 bits per heavy atom. The van der Waals surface area contributed by atoms with Gasteiger partial charge in [-0.2, -0.15) is 0 Å². The molecule has 0 aliphatic carbocycles. The van der Waals surface area contributed by atoms with Crippen LogP contribution >= 0.6 is 11.3 Å². The highest BCUT2D eigenvalue weighted by Crippen LogP contribution is 2.37. The number of likely N-dealkylation sites (N-methyl/N-ethyl adjacent to an activating group) is 1. The maximum Gasteiger partial charge on any atom is 0.357 e. The molecule has 2 amide bonds. The van der Waals surface area contributed by atoms with Gasteiger partial charge < -0.3 is 24.1 Å². The van der Waals surface area contributed by atoms with Gasteiger partial charge in [0.05, 0.1) is 19.3 Å². The first-order chi connectivity index (χ1) is 22.8. The van der Waals surface area contributed by atoms with Gasteiger partial charge in [-0.1, -0.05) is 68.2 Å². The molecule has 1 aliphatic heterocycles. The monoisotopic (exact) mass is 710 g/mol. The van der Waals surface area contributed by atoms with Gasteiger partial charge in [-0.25, -0.2) is 9.78 Å². The summed E-state index contributed by atoms with van der Waals surface area (Å²) in [6.45, 7) is 17.0. The van der Waals surface area contributed by atoms with Crippen LogP contribution in [0.1, 0.15) is 122 Å². The second kappa shape index (κ2) is 20.4. The Kier molecular flexibility index (Phi) is 17.7. The van der Waals surface area contributed by atoms with Gasteiger partial charge in [-0.3, -0.25) is 19.3 Å². The van der Waals surface area contributed by atoms with E-state index in [1.165, 1.54) is 18.4 Å². The van der Waals surface area contributed by atoms with Gasteiger partial charge in [0.1, 0.15) is 11.0 Å². The molecule has 0 bridgehead atoms. The van der Waals surface area contributed by atoms with Crippen molar-refractivity contribution < 1.29 is 33.1 Å². The molecule has 0 saturated carbocycles. The van der Waals surface area contributed by atoms with Crippen LogP contribution in [0.25, 0.3) is 0 Å². The Bertz CT molecular complexity index is 1170. The highest BCUT2D eigenvalue weighted by atomic mass is 32.1. The number of nitrogens with one attached hydrogen (secondary N) is 1. The number of thiazole rings is 1. The van der Waals surface area contributed by atoms with Crippen LogP contribution in [-0.4, -0.2) is 92.4 Å². The average molecular weight is 711 g/mol. The quantitative estimate of drug-likeness (QED) is 0.0911. The van der Waals surface area contributed by atoms with Crippen LogP contribution in [0.4, 0.5) is 0 Å². The molecular weight excluding hydrogens is 649 g/mol. The zero-order chi connectivity index (χ0) is 36.0. The third kappa shape index (κ3) is 11.3. The molecule has 1 N–H and O–H groups in total. The number of piperidine rings is 1. The molecule has 1 aliphatic rings. The van der Waals surface area contributed by atoms with E-state index < -0.39 is 32.5 Å². The van der Waals surface area contributed by atoms with E-state index in [4.69, 9.17) is 13.9 Å². The molecule has 1 aromatic heterocycles. The van der Waals surface area contributed by atoms with E-state index in [0.717, 1.165) is 43.9 Å². The van der Waals surface area contributed by atoms with E-state index in [0.29, 0.717) is 24.3 Å². The average Bonchev–Trinajstić information content (AvgIpc) is 3.58. The van der Waals surface area contributed by atoms with Crippen LogP contribution < -0.4 is 5.32 Å². The number of rotatable bonds is 20. The summed E-state index contributed by atoms with van der Waals surface area (Å²) < 4.78 is 17.7. The number of amides is 2. The van der Waals surface area contributed by atoms with Crippen molar-refractivity contribution in [3.05, 3.63) is 16.1 Å². The molecule has 0 radical (unpaired) electrons. The van der Waals surface area contributed by atoms with Gasteiger partial charge in [0.25, 0.3) is 0 Å². The normalized spacial score (nSPS) is 18.1. The number of aromatic nitrogens is 1. The van der Waals surface area contributed by atoms with Gasteiger partial charge in [0, 0.05) is 17.8 Å². The van der Waals surface area contributed by atoms with Gasteiger partial charge in [-0.05, 0) is 69.2 Å². The van der Waals surface area contributed by atoms with Crippen molar-refractivity contribution in [2.24, 2.45) is 11.8 Å². The van der Waals surface area contributed by atoms with Crippen LogP contribution in [0.3, 0.4) is 0 Å². The molecule has 1 saturated heterocycles. The van der Waals surface area contributed by atoms with Crippen LogP contribution in [0.5, 0.6) is 0 Å². The molecular formula is C35H62N4O7SSi. The van der Waals surface area contributed by atoms with E-state index in [-0.39, 0.29) is 54.5 Å². The Labute approximate surface area is 294 Å². The summed E-state index contributed by atoms with van der Waals surface area (Å²) in [5.41, 5.74) is 0.220. The Hall–Kier alpha value is -2.35. The Morgan fingerprint density at radius 3 is 2.29 bits per heavy atom. The molecule has 2 rings (SSSR count). The van der Waals surface area contributed by atoms with E-state index >= 15 is 0 Å². The van der Waals surface area contributed by atoms with Crippen molar-refractivity contribution >= 4 is 43.4 Å². The van der Waals surface area contributed by atoms with E-state index in [1.54, 1.807) is 10.3 Å². The second-order valence-electron chi connectivity index (χ2n) is 13.5. The van der Waals surface area contributed by atoms with E-state index in [2.05, 4.69) is 36.0 Å². The predicted octanol–water partition coefficient (Wildman–Crippen LogP) is 6.55. The molecule has 11 nitrogen and oxygen atoms in total. The molecule has 48 heavy (non-hydrogen) atoms. The molecule has 0 spiro atoms. The minimum atomic E-state index is -2.19. The SMILES string of the molecule is CCCC(=O)OCN(C(=O)[C@@H](NC(=O)[C@@H]1CCCCN1C)[C@@H](C)CC)[C@H](C[C@@H](O[Si](CC)(CC)CC)c1nc(C(=O)OC)cs1)C(C)C. The van der Waals surface area contributed by atoms with Crippen LogP contribution in [-0.2, 0) is 28.3 Å². The Balaban J connectivity index is 2.60. The first-order valence-electron chi connectivity index (χ1n) is 18.0. The maximum absolute atomic E-state index is 14.8. The zero-order valence-corrected chi connectivity index (χ0v) is 33.0. The largest absolute Gasteiger partial charge is 0.464 e. The summed E-state index contributed by atoms with van der Waals surface area (Å²) in [5, 5.41) is 5.46. The van der Waals surface area contributed by atoms with Crippen molar-refractivity contribution in [1.29, 1.82) is 0 Å². The van der Waals surface area contributed by atoms with Crippen molar-refractivity contribution in [2.45, 2.75) is 143 Å². The van der Waals surface area contributed by atoms with Gasteiger partial charge in [-0.15, -0.1) is 11.3 Å². The lowest BCUT2D eigenvalue weighted by Crippen LogP contribution is -2.59. The summed E-state index contributed by atoms with van der Waals surface area (Å²) >= 11 is 1.35. The number of carbonyl (C=O) groups is 4. The molecule has 274 valence electrons.